The van der Waals surface area contributed by atoms with Crippen LogP contribution in [0.15, 0.2) is 101 Å². The number of amides is 1. The third-order valence-electron chi connectivity index (χ3n) is 5.13. The SMILES string of the molecule is O=C(NC(c1ccccc1)c1ccccc1)c1c[nH]c(=O)n(Cc2ccccc2F)c1=O. The maximum Gasteiger partial charge on any atom is 0.328 e. The molecule has 0 saturated heterocycles. The minimum Gasteiger partial charge on any atom is -0.341 e. The van der Waals surface area contributed by atoms with Crippen molar-refractivity contribution in [3.05, 3.63) is 140 Å². The van der Waals surface area contributed by atoms with Gasteiger partial charge in [-0.3, -0.25) is 14.2 Å². The molecule has 1 aromatic heterocycles. The van der Waals surface area contributed by atoms with E-state index in [1.54, 1.807) is 6.07 Å². The molecule has 0 radical (unpaired) electrons. The first-order valence-corrected chi connectivity index (χ1v) is 10.0. The van der Waals surface area contributed by atoms with E-state index in [2.05, 4.69) is 10.3 Å². The Hall–Kier alpha value is -4.26. The predicted octanol–water partition coefficient (Wildman–Crippen LogP) is 3.24. The van der Waals surface area contributed by atoms with Crippen LogP contribution in [-0.4, -0.2) is 15.5 Å². The van der Waals surface area contributed by atoms with Crippen LogP contribution in [0.1, 0.15) is 33.1 Å². The van der Waals surface area contributed by atoms with Crippen molar-refractivity contribution in [1.82, 2.24) is 14.9 Å². The Morgan fingerprint density at radius 3 is 2.03 bits per heavy atom. The lowest BCUT2D eigenvalue weighted by Crippen LogP contribution is -2.41. The molecule has 0 atom stereocenters. The summed E-state index contributed by atoms with van der Waals surface area (Å²) in [5.41, 5.74) is 0.0834. The van der Waals surface area contributed by atoms with Crippen molar-refractivity contribution in [3.63, 3.8) is 0 Å². The molecule has 0 aliphatic heterocycles. The Morgan fingerprint density at radius 2 is 1.44 bits per heavy atom. The summed E-state index contributed by atoms with van der Waals surface area (Å²) in [6, 6.07) is 24.0. The van der Waals surface area contributed by atoms with Gasteiger partial charge in [0.15, 0.2) is 0 Å². The van der Waals surface area contributed by atoms with Gasteiger partial charge < -0.3 is 10.3 Å². The molecule has 2 N–H and O–H groups in total. The highest BCUT2D eigenvalue weighted by molar-refractivity contribution is 5.94. The van der Waals surface area contributed by atoms with Crippen molar-refractivity contribution >= 4 is 5.91 Å². The Bertz CT molecular complexity index is 1310. The summed E-state index contributed by atoms with van der Waals surface area (Å²) in [7, 11) is 0. The molecule has 3 aromatic carbocycles. The van der Waals surface area contributed by atoms with Crippen molar-refractivity contribution in [1.29, 1.82) is 0 Å². The Labute approximate surface area is 183 Å². The molecule has 0 saturated carbocycles. The second-order valence-electron chi connectivity index (χ2n) is 7.22. The summed E-state index contributed by atoms with van der Waals surface area (Å²) in [5.74, 6) is -1.19. The van der Waals surface area contributed by atoms with Gasteiger partial charge in [0.25, 0.3) is 11.5 Å². The Balaban J connectivity index is 1.69. The number of nitrogens with zero attached hydrogens (tertiary/aromatic N) is 1. The van der Waals surface area contributed by atoms with Gasteiger partial charge in [0, 0.05) is 11.8 Å². The van der Waals surface area contributed by atoms with Crippen LogP contribution in [0.2, 0.25) is 0 Å². The van der Waals surface area contributed by atoms with Gasteiger partial charge in [-0.2, -0.15) is 0 Å². The molecule has 1 heterocycles. The van der Waals surface area contributed by atoms with Crippen molar-refractivity contribution in [2.75, 3.05) is 0 Å². The lowest BCUT2D eigenvalue weighted by Gasteiger charge is -2.20. The van der Waals surface area contributed by atoms with Crippen molar-refractivity contribution < 1.29 is 9.18 Å². The number of rotatable bonds is 6. The Morgan fingerprint density at radius 1 is 0.875 bits per heavy atom. The smallest absolute Gasteiger partial charge is 0.328 e. The molecule has 0 fully saturated rings. The number of carbonyl (C=O) groups excluding carboxylic acids is 1. The molecular weight excluding hydrogens is 409 g/mol. The van der Waals surface area contributed by atoms with Crippen molar-refractivity contribution in [3.8, 4) is 0 Å². The average Bonchev–Trinajstić information content (AvgIpc) is 2.82. The van der Waals surface area contributed by atoms with Crippen molar-refractivity contribution in [2.45, 2.75) is 12.6 Å². The summed E-state index contributed by atoms with van der Waals surface area (Å²) in [4.78, 5) is 40.7. The van der Waals surface area contributed by atoms with E-state index < -0.39 is 29.0 Å². The first-order valence-electron chi connectivity index (χ1n) is 10.0. The van der Waals surface area contributed by atoms with E-state index in [1.165, 1.54) is 18.2 Å². The summed E-state index contributed by atoms with van der Waals surface area (Å²) >= 11 is 0. The number of aromatic nitrogens is 2. The normalized spacial score (nSPS) is 10.8. The molecule has 6 nitrogen and oxygen atoms in total. The number of carbonyl (C=O) groups is 1. The third-order valence-corrected chi connectivity index (χ3v) is 5.13. The topological polar surface area (TPSA) is 84.0 Å². The molecule has 32 heavy (non-hydrogen) atoms. The fourth-order valence-electron chi connectivity index (χ4n) is 3.47. The molecule has 4 rings (SSSR count). The van der Waals surface area contributed by atoms with Gasteiger partial charge in [-0.15, -0.1) is 0 Å². The van der Waals surface area contributed by atoms with E-state index >= 15 is 0 Å². The van der Waals surface area contributed by atoms with Crippen LogP contribution in [0.5, 0.6) is 0 Å². The van der Waals surface area contributed by atoms with Crippen LogP contribution in [0, 0.1) is 5.82 Å². The monoisotopic (exact) mass is 429 g/mol. The van der Waals surface area contributed by atoms with Crippen LogP contribution in [-0.2, 0) is 6.54 Å². The van der Waals surface area contributed by atoms with Crippen LogP contribution >= 0.6 is 0 Å². The fraction of sp³-hybridized carbons (Fsp3) is 0.0800. The lowest BCUT2D eigenvalue weighted by atomic mass is 9.98. The minimum atomic E-state index is -0.797. The van der Waals surface area contributed by atoms with E-state index in [1.807, 2.05) is 60.7 Å². The van der Waals surface area contributed by atoms with Crippen LogP contribution in [0.25, 0.3) is 0 Å². The summed E-state index contributed by atoms with van der Waals surface area (Å²) < 4.78 is 14.9. The number of aromatic amines is 1. The van der Waals surface area contributed by atoms with E-state index in [-0.39, 0.29) is 17.7 Å². The molecule has 0 spiro atoms. The van der Waals surface area contributed by atoms with Crippen molar-refractivity contribution in [2.24, 2.45) is 0 Å². The zero-order chi connectivity index (χ0) is 22.5. The highest BCUT2D eigenvalue weighted by atomic mass is 19.1. The average molecular weight is 429 g/mol. The summed E-state index contributed by atoms with van der Waals surface area (Å²) in [6.07, 6.45) is 1.09. The van der Waals surface area contributed by atoms with Gasteiger partial charge in [0.05, 0.1) is 12.6 Å². The van der Waals surface area contributed by atoms with Crippen LogP contribution in [0.3, 0.4) is 0 Å². The molecular formula is C25H20FN3O3. The molecule has 7 heteroatoms. The molecule has 4 aromatic rings. The maximum atomic E-state index is 14.0. The van der Waals surface area contributed by atoms with Gasteiger partial charge in [-0.05, 0) is 17.2 Å². The van der Waals surface area contributed by atoms with Gasteiger partial charge >= 0.3 is 5.69 Å². The highest BCUT2D eigenvalue weighted by Gasteiger charge is 2.21. The summed E-state index contributed by atoms with van der Waals surface area (Å²) in [5, 5.41) is 2.88. The minimum absolute atomic E-state index is 0.170. The number of halogens is 1. The van der Waals surface area contributed by atoms with E-state index in [4.69, 9.17) is 0 Å². The number of hydrogen-bond acceptors (Lipinski definition) is 3. The van der Waals surface area contributed by atoms with Crippen LogP contribution in [0.4, 0.5) is 4.39 Å². The number of nitrogens with one attached hydrogen (secondary N) is 2. The first kappa shape index (κ1) is 21.0. The highest BCUT2D eigenvalue weighted by Crippen LogP contribution is 2.22. The number of benzene rings is 3. The number of H-pyrrole nitrogens is 1. The van der Waals surface area contributed by atoms with E-state index in [0.717, 1.165) is 21.9 Å². The maximum absolute atomic E-state index is 14.0. The number of hydrogen-bond donors (Lipinski definition) is 2. The summed E-state index contributed by atoms with van der Waals surface area (Å²) in [6.45, 7) is -0.289. The second kappa shape index (κ2) is 9.26. The third kappa shape index (κ3) is 4.41. The first-order chi connectivity index (χ1) is 15.5. The standard InChI is InChI=1S/C25H20FN3O3/c26-21-14-8-7-13-19(21)16-29-24(31)20(15-27-25(29)32)23(30)28-22(17-9-3-1-4-10-17)18-11-5-2-6-12-18/h1-15,22H,16H2,(H,27,32)(H,28,30). The molecule has 160 valence electrons. The zero-order valence-corrected chi connectivity index (χ0v) is 17.0. The van der Waals surface area contributed by atoms with Crippen LogP contribution < -0.4 is 16.6 Å². The largest absolute Gasteiger partial charge is 0.341 e. The van der Waals surface area contributed by atoms with Gasteiger partial charge in [0.2, 0.25) is 0 Å². The molecule has 0 unspecified atom stereocenters. The van der Waals surface area contributed by atoms with E-state index in [9.17, 15) is 18.8 Å². The van der Waals surface area contributed by atoms with E-state index in [0.29, 0.717) is 0 Å². The zero-order valence-electron chi connectivity index (χ0n) is 17.0. The molecule has 0 aliphatic carbocycles. The second-order valence-corrected chi connectivity index (χ2v) is 7.22. The van der Waals surface area contributed by atoms with Gasteiger partial charge in [-0.1, -0.05) is 78.9 Å². The molecule has 1 amide bonds. The fourth-order valence-corrected chi connectivity index (χ4v) is 3.47. The molecule has 0 bridgehead atoms. The van der Waals surface area contributed by atoms with Gasteiger partial charge in [0.1, 0.15) is 11.4 Å². The lowest BCUT2D eigenvalue weighted by molar-refractivity contribution is 0.0940. The predicted molar refractivity (Wildman–Crippen MR) is 119 cm³/mol. The Kier molecular flexibility index (Phi) is 6.07. The molecule has 0 aliphatic rings. The quantitative estimate of drug-likeness (QED) is 0.494. The van der Waals surface area contributed by atoms with Gasteiger partial charge in [-0.25, -0.2) is 9.18 Å².